The van der Waals surface area contributed by atoms with E-state index in [2.05, 4.69) is 15.0 Å². The second-order valence-electron chi connectivity index (χ2n) is 3.38. The Balaban J connectivity index is 0.00000289. The summed E-state index contributed by atoms with van der Waals surface area (Å²) in [7, 11) is 1.27. The lowest BCUT2D eigenvalue weighted by Gasteiger charge is -2.09. The lowest BCUT2D eigenvalue weighted by atomic mass is 10.3. The molecule has 1 heterocycles. The van der Waals surface area contributed by atoms with Crippen LogP contribution in [0.3, 0.4) is 0 Å². The van der Waals surface area contributed by atoms with Crippen LogP contribution in [0.2, 0.25) is 0 Å². The molecule has 0 fully saturated rings. The molecular formula is C10H16ClN3O3S. The Hall–Kier alpha value is -1.18. The average Bonchev–Trinajstić information content (AvgIpc) is 2.77. The van der Waals surface area contributed by atoms with Gasteiger partial charge < -0.3 is 15.8 Å². The predicted molar refractivity (Wildman–Crippen MR) is 71.1 cm³/mol. The third-order valence-electron chi connectivity index (χ3n) is 2.04. The minimum absolute atomic E-state index is 0. The number of aromatic nitrogens is 1. The summed E-state index contributed by atoms with van der Waals surface area (Å²) in [5, 5.41) is 4.95. The Bertz CT molecular complexity index is 411. The number of methoxy groups -OCH3 is 1. The monoisotopic (exact) mass is 293 g/mol. The molecule has 0 aliphatic heterocycles. The molecular weight excluding hydrogens is 278 g/mol. The number of nitrogens with one attached hydrogen (secondary N) is 1. The van der Waals surface area contributed by atoms with Crippen LogP contribution in [0.4, 0.5) is 0 Å². The molecule has 0 radical (unpaired) electrons. The summed E-state index contributed by atoms with van der Waals surface area (Å²) in [6.07, 6.45) is 0.643. The molecule has 0 spiro atoms. The Morgan fingerprint density at radius 1 is 1.61 bits per heavy atom. The third kappa shape index (κ3) is 4.59. The number of carbonyl (C=O) groups excluding carboxylic acids is 2. The van der Waals surface area contributed by atoms with Gasteiger partial charge in [-0.15, -0.1) is 23.7 Å². The number of hydrogen-bond acceptors (Lipinski definition) is 6. The Kier molecular flexibility index (Phi) is 7.49. The number of nitrogens with two attached hydrogens (primary N) is 1. The quantitative estimate of drug-likeness (QED) is 0.764. The van der Waals surface area contributed by atoms with Gasteiger partial charge in [0.05, 0.1) is 12.1 Å². The van der Waals surface area contributed by atoms with Crippen LogP contribution >= 0.6 is 23.7 Å². The van der Waals surface area contributed by atoms with Crippen LogP contribution < -0.4 is 11.1 Å². The van der Waals surface area contributed by atoms with Crippen molar-refractivity contribution in [1.82, 2.24) is 10.3 Å². The predicted octanol–water partition coefficient (Wildman–Crippen LogP) is 0.357. The van der Waals surface area contributed by atoms with Crippen LogP contribution in [-0.2, 0) is 16.0 Å². The van der Waals surface area contributed by atoms with Crippen molar-refractivity contribution in [3.63, 3.8) is 0 Å². The number of thiazole rings is 1. The van der Waals surface area contributed by atoms with Crippen molar-refractivity contribution in [2.75, 3.05) is 13.7 Å². The third-order valence-corrected chi connectivity index (χ3v) is 2.95. The highest BCUT2D eigenvalue weighted by Gasteiger charge is 2.18. The van der Waals surface area contributed by atoms with Gasteiger partial charge in [-0.2, -0.15) is 0 Å². The van der Waals surface area contributed by atoms with E-state index in [9.17, 15) is 9.59 Å². The maximum atomic E-state index is 11.7. The van der Waals surface area contributed by atoms with Crippen molar-refractivity contribution >= 4 is 35.6 Å². The molecule has 0 saturated heterocycles. The molecule has 18 heavy (non-hydrogen) atoms. The SMILES string of the molecule is COC(=O)[C@@H](C)NC(=O)c1csc(CCN)n1.Cl. The van der Waals surface area contributed by atoms with Crippen LogP contribution in [0.1, 0.15) is 22.4 Å². The number of nitrogens with zero attached hydrogens (tertiary/aromatic N) is 1. The fourth-order valence-corrected chi connectivity index (χ4v) is 1.95. The molecule has 0 aromatic carbocycles. The molecule has 3 N–H and O–H groups in total. The van der Waals surface area contributed by atoms with Gasteiger partial charge in [-0.1, -0.05) is 0 Å². The Morgan fingerprint density at radius 2 is 2.28 bits per heavy atom. The summed E-state index contributed by atoms with van der Waals surface area (Å²) >= 11 is 1.38. The highest BCUT2D eigenvalue weighted by atomic mass is 35.5. The van der Waals surface area contributed by atoms with Crippen molar-refractivity contribution in [3.8, 4) is 0 Å². The Morgan fingerprint density at radius 3 is 2.83 bits per heavy atom. The number of carbonyl (C=O) groups is 2. The molecule has 0 aliphatic carbocycles. The van der Waals surface area contributed by atoms with Gasteiger partial charge in [0, 0.05) is 11.8 Å². The molecule has 0 unspecified atom stereocenters. The fraction of sp³-hybridized carbons (Fsp3) is 0.500. The van der Waals surface area contributed by atoms with E-state index in [4.69, 9.17) is 5.73 Å². The molecule has 6 nitrogen and oxygen atoms in total. The number of ether oxygens (including phenoxy) is 1. The Labute approximate surface area is 115 Å². The van der Waals surface area contributed by atoms with Crippen molar-refractivity contribution in [2.24, 2.45) is 5.73 Å². The lowest BCUT2D eigenvalue weighted by molar-refractivity contribution is -0.142. The van der Waals surface area contributed by atoms with E-state index in [1.54, 1.807) is 12.3 Å². The fourth-order valence-electron chi connectivity index (χ4n) is 1.16. The number of rotatable bonds is 5. The minimum Gasteiger partial charge on any atom is -0.467 e. The summed E-state index contributed by atoms with van der Waals surface area (Å²) in [5.41, 5.74) is 5.69. The van der Waals surface area contributed by atoms with Crippen LogP contribution in [0.25, 0.3) is 0 Å². The van der Waals surface area contributed by atoms with Gasteiger partial charge in [0.15, 0.2) is 0 Å². The maximum Gasteiger partial charge on any atom is 0.328 e. The van der Waals surface area contributed by atoms with E-state index in [1.807, 2.05) is 0 Å². The van der Waals surface area contributed by atoms with E-state index in [-0.39, 0.29) is 18.3 Å². The molecule has 0 bridgehead atoms. The van der Waals surface area contributed by atoms with Crippen molar-refractivity contribution < 1.29 is 14.3 Å². The molecule has 1 aromatic rings. The second kappa shape index (κ2) is 8.02. The molecule has 1 aromatic heterocycles. The van der Waals surface area contributed by atoms with E-state index < -0.39 is 12.0 Å². The molecule has 0 aliphatic rings. The standard InChI is InChI=1S/C10H15N3O3S.ClH/c1-6(10(15)16-2)12-9(14)7-5-17-8(13-7)3-4-11;/h5-6H,3-4,11H2,1-2H3,(H,12,14);1H/t6-;/m1./s1. The molecule has 102 valence electrons. The molecule has 1 atom stereocenters. The normalized spacial score (nSPS) is 11.3. The highest BCUT2D eigenvalue weighted by Crippen LogP contribution is 2.10. The van der Waals surface area contributed by atoms with Crippen molar-refractivity contribution in [2.45, 2.75) is 19.4 Å². The summed E-state index contributed by atoms with van der Waals surface area (Å²) in [6.45, 7) is 2.05. The number of amides is 1. The summed E-state index contributed by atoms with van der Waals surface area (Å²) < 4.78 is 4.50. The van der Waals surface area contributed by atoms with Crippen LogP contribution in [0, 0.1) is 0 Å². The van der Waals surface area contributed by atoms with Crippen LogP contribution in [-0.4, -0.2) is 36.6 Å². The molecule has 1 rings (SSSR count). The van der Waals surface area contributed by atoms with Crippen LogP contribution in [0.5, 0.6) is 0 Å². The molecule has 1 amide bonds. The zero-order chi connectivity index (χ0) is 12.8. The van der Waals surface area contributed by atoms with Crippen molar-refractivity contribution in [3.05, 3.63) is 16.1 Å². The van der Waals surface area contributed by atoms with E-state index in [0.29, 0.717) is 18.7 Å². The first-order valence-corrected chi connectivity index (χ1v) is 5.99. The first-order valence-electron chi connectivity index (χ1n) is 5.11. The van der Waals surface area contributed by atoms with Gasteiger partial charge in [0.1, 0.15) is 11.7 Å². The smallest absolute Gasteiger partial charge is 0.328 e. The van der Waals surface area contributed by atoms with Gasteiger partial charge in [0.25, 0.3) is 5.91 Å². The summed E-state index contributed by atoms with van der Waals surface area (Å²) in [4.78, 5) is 26.9. The number of hydrogen-bond donors (Lipinski definition) is 2. The van der Waals surface area contributed by atoms with Gasteiger partial charge >= 0.3 is 5.97 Å². The zero-order valence-electron chi connectivity index (χ0n) is 10.1. The van der Waals surface area contributed by atoms with E-state index in [1.165, 1.54) is 18.4 Å². The average molecular weight is 294 g/mol. The minimum atomic E-state index is -0.688. The van der Waals surface area contributed by atoms with Gasteiger partial charge in [-0.05, 0) is 13.5 Å². The van der Waals surface area contributed by atoms with E-state index in [0.717, 1.165) is 5.01 Å². The molecule has 0 saturated carbocycles. The second-order valence-corrected chi connectivity index (χ2v) is 4.33. The lowest BCUT2D eigenvalue weighted by Crippen LogP contribution is -2.39. The summed E-state index contributed by atoms with van der Waals surface area (Å²) in [5.74, 6) is -0.877. The van der Waals surface area contributed by atoms with Crippen LogP contribution in [0.15, 0.2) is 5.38 Å². The first kappa shape index (κ1) is 16.8. The zero-order valence-corrected chi connectivity index (χ0v) is 11.8. The summed E-state index contributed by atoms with van der Waals surface area (Å²) in [6, 6.07) is -0.688. The molecule has 8 heteroatoms. The van der Waals surface area contributed by atoms with Gasteiger partial charge in [-0.25, -0.2) is 9.78 Å². The number of esters is 1. The number of halogens is 1. The van der Waals surface area contributed by atoms with E-state index >= 15 is 0 Å². The van der Waals surface area contributed by atoms with Crippen molar-refractivity contribution in [1.29, 1.82) is 0 Å². The first-order chi connectivity index (χ1) is 8.08. The van der Waals surface area contributed by atoms with Gasteiger partial charge in [0.2, 0.25) is 0 Å². The largest absolute Gasteiger partial charge is 0.467 e. The maximum absolute atomic E-state index is 11.7. The highest BCUT2D eigenvalue weighted by molar-refractivity contribution is 7.09. The van der Waals surface area contributed by atoms with Gasteiger partial charge in [-0.3, -0.25) is 4.79 Å². The topological polar surface area (TPSA) is 94.3 Å².